The summed E-state index contributed by atoms with van der Waals surface area (Å²) in [7, 11) is 0. The zero-order valence-corrected chi connectivity index (χ0v) is 10.4. The number of thioether (sulfide) groups is 1. The predicted octanol–water partition coefficient (Wildman–Crippen LogP) is 2.48. The molecule has 0 spiro atoms. The van der Waals surface area contributed by atoms with E-state index in [4.69, 9.17) is 5.11 Å². The number of hydrogen-bond acceptors (Lipinski definition) is 4. The van der Waals surface area contributed by atoms with Gasteiger partial charge in [0.05, 0.1) is 0 Å². The highest BCUT2D eigenvalue weighted by atomic mass is 32.2. The second-order valence-corrected chi connectivity index (χ2v) is 5.51. The zero-order valence-electron chi connectivity index (χ0n) is 9.56. The van der Waals surface area contributed by atoms with Crippen molar-refractivity contribution in [2.75, 3.05) is 17.6 Å². The van der Waals surface area contributed by atoms with Gasteiger partial charge in [-0.05, 0) is 30.7 Å². The first-order valence-corrected chi connectivity index (χ1v) is 6.85. The second-order valence-electron chi connectivity index (χ2n) is 4.10. The fourth-order valence-electron chi connectivity index (χ4n) is 1.86. The molecule has 0 amide bonds. The van der Waals surface area contributed by atoms with Gasteiger partial charge in [-0.15, -0.1) is 0 Å². The van der Waals surface area contributed by atoms with Crippen LogP contribution in [0.15, 0.2) is 18.3 Å². The smallest absolute Gasteiger partial charge is 0.354 e. The highest BCUT2D eigenvalue weighted by molar-refractivity contribution is 7.99. The lowest BCUT2D eigenvalue weighted by Gasteiger charge is -2.21. The number of aromatic carboxylic acids is 1. The van der Waals surface area contributed by atoms with Crippen LogP contribution in [0.25, 0.3) is 0 Å². The normalized spacial score (nSPS) is 19.9. The lowest BCUT2D eigenvalue weighted by molar-refractivity contribution is 0.0690. The molecule has 1 aliphatic heterocycles. The summed E-state index contributed by atoms with van der Waals surface area (Å²) in [4.78, 5) is 14.6. The Bertz CT molecular complexity index is 392. The summed E-state index contributed by atoms with van der Waals surface area (Å²) in [5, 5.41) is 12.8. The van der Waals surface area contributed by atoms with Gasteiger partial charge in [0.25, 0.3) is 0 Å². The molecule has 0 radical (unpaired) electrons. The molecule has 1 aromatic heterocycles. The highest BCUT2D eigenvalue weighted by Crippen LogP contribution is 2.25. The Morgan fingerprint density at radius 3 is 3.18 bits per heavy atom. The number of nitrogens with zero attached hydrogens (tertiary/aromatic N) is 1. The van der Waals surface area contributed by atoms with Gasteiger partial charge < -0.3 is 10.4 Å². The van der Waals surface area contributed by atoms with Crippen molar-refractivity contribution in [3.05, 3.63) is 24.0 Å². The summed E-state index contributed by atoms with van der Waals surface area (Å²) in [5.41, 5.74) is 0.926. The maximum absolute atomic E-state index is 10.8. The number of pyridine rings is 1. The number of rotatable bonds is 4. The van der Waals surface area contributed by atoms with E-state index >= 15 is 0 Å². The third kappa shape index (κ3) is 3.63. The van der Waals surface area contributed by atoms with Gasteiger partial charge in [0.1, 0.15) is 5.69 Å². The van der Waals surface area contributed by atoms with E-state index in [0.717, 1.165) is 12.2 Å². The number of anilines is 1. The monoisotopic (exact) mass is 252 g/mol. The molecular formula is C12H16N2O2S. The van der Waals surface area contributed by atoms with Gasteiger partial charge in [0.2, 0.25) is 0 Å². The molecule has 5 heteroatoms. The van der Waals surface area contributed by atoms with Crippen LogP contribution >= 0.6 is 11.8 Å². The Labute approximate surface area is 105 Å². The topological polar surface area (TPSA) is 62.2 Å². The molecule has 92 valence electrons. The lowest BCUT2D eigenvalue weighted by Crippen LogP contribution is -2.20. The molecule has 2 heterocycles. The van der Waals surface area contributed by atoms with Crippen molar-refractivity contribution in [1.29, 1.82) is 0 Å². The van der Waals surface area contributed by atoms with E-state index in [2.05, 4.69) is 10.3 Å². The average molecular weight is 252 g/mol. The molecule has 1 unspecified atom stereocenters. The lowest BCUT2D eigenvalue weighted by atomic mass is 10.2. The standard InChI is InChI=1S/C12H16N2O2S/c15-12(16)11-7-9(4-5-13-11)14-8-10-3-1-2-6-17-10/h4-5,7,10H,1-3,6,8H2,(H,13,14)(H,15,16). The summed E-state index contributed by atoms with van der Waals surface area (Å²) in [6.07, 6.45) is 5.39. The minimum atomic E-state index is -0.985. The van der Waals surface area contributed by atoms with Gasteiger partial charge in [0.15, 0.2) is 0 Å². The molecule has 1 aliphatic rings. The summed E-state index contributed by atoms with van der Waals surface area (Å²) in [6, 6.07) is 3.38. The molecular weight excluding hydrogens is 236 g/mol. The molecule has 4 nitrogen and oxygen atoms in total. The van der Waals surface area contributed by atoms with E-state index in [0.29, 0.717) is 5.25 Å². The fraction of sp³-hybridized carbons (Fsp3) is 0.500. The third-order valence-electron chi connectivity index (χ3n) is 2.79. The Hall–Kier alpha value is -1.23. The molecule has 0 saturated carbocycles. The first-order chi connectivity index (χ1) is 8.25. The maximum atomic E-state index is 10.8. The van der Waals surface area contributed by atoms with Gasteiger partial charge in [-0.3, -0.25) is 0 Å². The fourth-order valence-corrected chi connectivity index (χ4v) is 3.10. The molecule has 1 saturated heterocycles. The van der Waals surface area contributed by atoms with Crippen molar-refractivity contribution in [3.8, 4) is 0 Å². The minimum absolute atomic E-state index is 0.0892. The number of carbonyl (C=O) groups is 1. The van der Waals surface area contributed by atoms with Crippen LogP contribution < -0.4 is 5.32 Å². The summed E-state index contributed by atoms with van der Waals surface area (Å²) in [6.45, 7) is 0.897. The van der Waals surface area contributed by atoms with Crippen LogP contribution in [0.1, 0.15) is 29.8 Å². The van der Waals surface area contributed by atoms with Crippen LogP contribution in [0.4, 0.5) is 5.69 Å². The number of carboxylic acids is 1. The molecule has 1 aromatic rings. The second kappa shape index (κ2) is 5.91. The molecule has 0 bridgehead atoms. The van der Waals surface area contributed by atoms with E-state index in [9.17, 15) is 4.79 Å². The van der Waals surface area contributed by atoms with E-state index in [-0.39, 0.29) is 5.69 Å². The Morgan fingerprint density at radius 1 is 1.59 bits per heavy atom. The number of carboxylic acid groups (broad SMARTS) is 1. The van der Waals surface area contributed by atoms with E-state index in [1.165, 1.54) is 31.2 Å². The molecule has 1 fully saturated rings. The number of nitrogens with one attached hydrogen (secondary N) is 1. The van der Waals surface area contributed by atoms with Crippen LogP contribution in [-0.2, 0) is 0 Å². The summed E-state index contributed by atoms with van der Waals surface area (Å²) < 4.78 is 0. The van der Waals surface area contributed by atoms with Gasteiger partial charge in [-0.2, -0.15) is 11.8 Å². The SMILES string of the molecule is O=C(O)c1cc(NCC2CCCCS2)ccn1. The molecule has 2 N–H and O–H groups in total. The van der Waals surface area contributed by atoms with Crippen molar-refractivity contribution in [1.82, 2.24) is 4.98 Å². The zero-order chi connectivity index (χ0) is 12.1. The van der Waals surface area contributed by atoms with E-state index < -0.39 is 5.97 Å². The first-order valence-electron chi connectivity index (χ1n) is 5.80. The van der Waals surface area contributed by atoms with Crippen molar-refractivity contribution in [3.63, 3.8) is 0 Å². The van der Waals surface area contributed by atoms with Crippen molar-refractivity contribution in [2.45, 2.75) is 24.5 Å². The molecule has 2 rings (SSSR count). The number of aromatic nitrogens is 1. The van der Waals surface area contributed by atoms with Crippen LogP contribution in [0.3, 0.4) is 0 Å². The van der Waals surface area contributed by atoms with Gasteiger partial charge in [-0.1, -0.05) is 6.42 Å². The van der Waals surface area contributed by atoms with Crippen molar-refractivity contribution >= 4 is 23.4 Å². The minimum Gasteiger partial charge on any atom is -0.477 e. The van der Waals surface area contributed by atoms with Gasteiger partial charge in [0, 0.05) is 23.7 Å². The van der Waals surface area contributed by atoms with Crippen molar-refractivity contribution < 1.29 is 9.90 Å². The van der Waals surface area contributed by atoms with Crippen LogP contribution in [0, 0.1) is 0 Å². The summed E-state index contributed by atoms with van der Waals surface area (Å²) in [5.74, 6) is 0.254. The van der Waals surface area contributed by atoms with Gasteiger partial charge in [-0.25, -0.2) is 9.78 Å². The molecule has 0 aliphatic carbocycles. The summed E-state index contributed by atoms with van der Waals surface area (Å²) >= 11 is 2.00. The van der Waals surface area contributed by atoms with Crippen LogP contribution in [-0.4, -0.2) is 33.6 Å². The predicted molar refractivity (Wildman–Crippen MR) is 69.8 cm³/mol. The number of hydrogen-bond donors (Lipinski definition) is 2. The quantitative estimate of drug-likeness (QED) is 0.862. The maximum Gasteiger partial charge on any atom is 0.354 e. The highest BCUT2D eigenvalue weighted by Gasteiger charge is 2.13. The first kappa shape index (κ1) is 12.2. The third-order valence-corrected chi connectivity index (χ3v) is 4.19. The Morgan fingerprint density at radius 2 is 2.47 bits per heavy atom. The molecule has 17 heavy (non-hydrogen) atoms. The van der Waals surface area contributed by atoms with Crippen LogP contribution in [0.2, 0.25) is 0 Å². The largest absolute Gasteiger partial charge is 0.477 e. The van der Waals surface area contributed by atoms with Crippen molar-refractivity contribution in [2.24, 2.45) is 0 Å². The Kier molecular flexibility index (Phi) is 4.25. The van der Waals surface area contributed by atoms with Gasteiger partial charge >= 0.3 is 5.97 Å². The van der Waals surface area contributed by atoms with E-state index in [1.54, 1.807) is 12.1 Å². The average Bonchev–Trinajstić information content (AvgIpc) is 2.38. The molecule has 1 atom stereocenters. The van der Waals surface area contributed by atoms with Crippen LogP contribution in [0.5, 0.6) is 0 Å². The molecule has 0 aromatic carbocycles. The Balaban J connectivity index is 1.89. The van der Waals surface area contributed by atoms with E-state index in [1.807, 2.05) is 11.8 Å².